The fraction of sp³-hybridized carbons (Fsp3) is 0.333. The molecule has 5 heterocycles. The fourth-order valence-electron chi connectivity index (χ4n) is 3.86. The van der Waals surface area contributed by atoms with Crippen LogP contribution in [0.1, 0.15) is 16.4 Å². The monoisotopic (exact) mass is 467 g/mol. The van der Waals surface area contributed by atoms with Gasteiger partial charge in [-0.1, -0.05) is 5.16 Å². The van der Waals surface area contributed by atoms with Crippen molar-refractivity contribution in [2.75, 3.05) is 26.2 Å². The summed E-state index contributed by atoms with van der Waals surface area (Å²) < 4.78 is 7.67. The van der Waals surface area contributed by atoms with E-state index in [0.29, 0.717) is 49.8 Å². The molecular weight excluding hydrogens is 446 g/mol. The van der Waals surface area contributed by atoms with Gasteiger partial charge in [-0.3, -0.25) is 23.6 Å². The van der Waals surface area contributed by atoms with Gasteiger partial charge in [0.05, 0.1) is 11.9 Å². The Hall–Kier alpha value is -3.64. The first kappa shape index (κ1) is 21.2. The minimum Gasteiger partial charge on any atom is -0.338 e. The quantitative estimate of drug-likeness (QED) is 0.430. The van der Waals surface area contributed by atoms with Crippen molar-refractivity contribution < 1.29 is 9.32 Å². The van der Waals surface area contributed by atoms with Crippen molar-refractivity contribution in [3.63, 3.8) is 0 Å². The molecule has 11 nitrogen and oxygen atoms in total. The second-order valence-corrected chi connectivity index (χ2v) is 8.65. The van der Waals surface area contributed by atoms with Crippen molar-refractivity contribution in [3.8, 4) is 11.4 Å². The molecule has 0 spiro atoms. The van der Waals surface area contributed by atoms with Crippen LogP contribution in [0, 0.1) is 0 Å². The van der Waals surface area contributed by atoms with Crippen LogP contribution < -0.4 is 11.2 Å². The normalized spacial score (nSPS) is 14.8. The van der Waals surface area contributed by atoms with E-state index >= 15 is 0 Å². The Kier molecular flexibility index (Phi) is 5.38. The third-order valence-corrected chi connectivity index (χ3v) is 6.47. The maximum atomic E-state index is 13.0. The molecule has 0 atom stereocenters. The third kappa shape index (κ3) is 3.87. The molecule has 1 aliphatic rings. The van der Waals surface area contributed by atoms with Crippen molar-refractivity contribution in [2.24, 2.45) is 14.1 Å². The van der Waals surface area contributed by atoms with E-state index in [2.05, 4.69) is 20.0 Å². The maximum absolute atomic E-state index is 13.0. The van der Waals surface area contributed by atoms with Gasteiger partial charge in [0.1, 0.15) is 11.3 Å². The van der Waals surface area contributed by atoms with Crippen molar-refractivity contribution in [3.05, 3.63) is 61.4 Å². The van der Waals surface area contributed by atoms with Crippen molar-refractivity contribution in [1.82, 2.24) is 34.1 Å². The molecule has 33 heavy (non-hydrogen) atoms. The van der Waals surface area contributed by atoms with Gasteiger partial charge in [0.2, 0.25) is 11.7 Å². The highest BCUT2D eigenvalue weighted by Gasteiger charge is 2.25. The van der Waals surface area contributed by atoms with Gasteiger partial charge in [0.25, 0.3) is 11.5 Å². The van der Waals surface area contributed by atoms with Crippen LogP contribution in [-0.2, 0) is 20.6 Å². The third-order valence-electron chi connectivity index (χ3n) is 5.79. The number of pyridine rings is 1. The molecule has 12 heteroatoms. The molecule has 0 bridgehead atoms. The molecule has 1 amide bonds. The van der Waals surface area contributed by atoms with Gasteiger partial charge in [-0.2, -0.15) is 16.3 Å². The van der Waals surface area contributed by atoms with Gasteiger partial charge in [0, 0.05) is 51.2 Å². The van der Waals surface area contributed by atoms with Gasteiger partial charge >= 0.3 is 5.69 Å². The summed E-state index contributed by atoms with van der Waals surface area (Å²) in [6.07, 6.45) is 0. The van der Waals surface area contributed by atoms with Gasteiger partial charge < -0.3 is 9.42 Å². The van der Waals surface area contributed by atoms with Gasteiger partial charge in [-0.15, -0.1) is 0 Å². The van der Waals surface area contributed by atoms with Crippen molar-refractivity contribution in [2.45, 2.75) is 6.54 Å². The van der Waals surface area contributed by atoms with Crippen LogP contribution in [0.3, 0.4) is 0 Å². The van der Waals surface area contributed by atoms with E-state index in [4.69, 9.17) is 4.52 Å². The lowest BCUT2D eigenvalue weighted by Gasteiger charge is -2.33. The van der Waals surface area contributed by atoms with E-state index in [1.165, 1.54) is 24.7 Å². The molecule has 5 rings (SSSR count). The lowest BCUT2D eigenvalue weighted by atomic mass is 10.2. The highest BCUT2D eigenvalue weighted by Crippen LogP contribution is 2.19. The van der Waals surface area contributed by atoms with Crippen molar-refractivity contribution in [1.29, 1.82) is 0 Å². The fourth-order valence-corrected chi connectivity index (χ4v) is 4.50. The molecule has 0 aromatic carbocycles. The first-order valence-corrected chi connectivity index (χ1v) is 11.3. The van der Waals surface area contributed by atoms with Gasteiger partial charge in [-0.25, -0.2) is 9.78 Å². The number of carbonyl (C=O) groups is 1. The standard InChI is InChI=1S/C21H21N7O4S/c1-25-18-14(19(29)26(2)21(25)31)3-4-15(22-18)20(30)28-8-6-27(7-9-28)11-16-23-17(24-32-16)13-5-10-33-12-13/h3-5,10,12H,6-9,11H2,1-2H3. The molecule has 170 valence electrons. The smallest absolute Gasteiger partial charge is 0.332 e. The Morgan fingerprint density at radius 1 is 1.06 bits per heavy atom. The molecule has 0 radical (unpaired) electrons. The van der Waals surface area contributed by atoms with Gasteiger partial charge in [-0.05, 0) is 23.6 Å². The summed E-state index contributed by atoms with van der Waals surface area (Å²) >= 11 is 1.58. The first-order chi connectivity index (χ1) is 15.9. The zero-order valence-electron chi connectivity index (χ0n) is 18.1. The molecule has 1 aliphatic heterocycles. The predicted octanol–water partition coefficient (Wildman–Crippen LogP) is 0.702. The highest BCUT2D eigenvalue weighted by atomic mass is 32.1. The largest absolute Gasteiger partial charge is 0.338 e. The highest BCUT2D eigenvalue weighted by molar-refractivity contribution is 7.08. The number of hydrogen-bond acceptors (Lipinski definition) is 9. The average Bonchev–Trinajstić information content (AvgIpc) is 3.53. The molecule has 4 aromatic rings. The summed E-state index contributed by atoms with van der Waals surface area (Å²) in [5.74, 6) is 0.878. The van der Waals surface area contributed by atoms with Crippen LogP contribution >= 0.6 is 11.3 Å². The van der Waals surface area contributed by atoms with Crippen LogP contribution in [0.15, 0.2) is 43.1 Å². The topological polar surface area (TPSA) is 119 Å². The zero-order valence-corrected chi connectivity index (χ0v) is 18.9. The van der Waals surface area contributed by atoms with Crippen LogP contribution in [0.5, 0.6) is 0 Å². The summed E-state index contributed by atoms with van der Waals surface area (Å²) in [4.78, 5) is 50.2. The maximum Gasteiger partial charge on any atom is 0.332 e. The Morgan fingerprint density at radius 2 is 1.85 bits per heavy atom. The molecule has 1 saturated heterocycles. The average molecular weight is 468 g/mol. The Bertz CT molecular complexity index is 1450. The van der Waals surface area contributed by atoms with Crippen LogP contribution in [0.25, 0.3) is 22.4 Å². The number of rotatable bonds is 4. The molecular formula is C21H21N7O4S. The summed E-state index contributed by atoms with van der Waals surface area (Å²) in [6.45, 7) is 2.83. The zero-order chi connectivity index (χ0) is 23.1. The predicted molar refractivity (Wildman–Crippen MR) is 121 cm³/mol. The van der Waals surface area contributed by atoms with E-state index < -0.39 is 11.2 Å². The number of aryl methyl sites for hydroxylation is 1. The first-order valence-electron chi connectivity index (χ1n) is 10.4. The van der Waals surface area contributed by atoms with E-state index in [-0.39, 0.29) is 17.2 Å². The Morgan fingerprint density at radius 3 is 2.58 bits per heavy atom. The lowest BCUT2D eigenvalue weighted by molar-refractivity contribution is 0.0609. The number of thiophene rings is 1. The van der Waals surface area contributed by atoms with E-state index in [0.717, 1.165) is 10.1 Å². The summed E-state index contributed by atoms with van der Waals surface area (Å²) in [7, 11) is 2.95. The van der Waals surface area contributed by atoms with E-state index in [9.17, 15) is 14.4 Å². The van der Waals surface area contributed by atoms with Crippen LogP contribution in [0.2, 0.25) is 0 Å². The lowest BCUT2D eigenvalue weighted by Crippen LogP contribution is -2.48. The number of aromatic nitrogens is 5. The minimum absolute atomic E-state index is 0.199. The van der Waals surface area contributed by atoms with E-state index in [1.54, 1.807) is 22.3 Å². The molecule has 0 saturated carbocycles. The number of piperazine rings is 1. The molecule has 4 aromatic heterocycles. The van der Waals surface area contributed by atoms with Crippen LogP contribution in [-0.4, -0.2) is 66.1 Å². The molecule has 0 N–H and O–H groups in total. The van der Waals surface area contributed by atoms with Crippen molar-refractivity contribution >= 4 is 28.3 Å². The second kappa shape index (κ2) is 8.37. The Balaban J connectivity index is 1.26. The van der Waals surface area contributed by atoms with Gasteiger partial charge in [0.15, 0.2) is 0 Å². The van der Waals surface area contributed by atoms with E-state index in [1.807, 2.05) is 16.8 Å². The summed E-state index contributed by atoms with van der Waals surface area (Å²) in [5, 5.41) is 8.25. The minimum atomic E-state index is -0.485. The SMILES string of the molecule is Cn1c(=O)c2ccc(C(=O)N3CCN(Cc4nc(-c5ccsc5)no4)CC3)nc2n(C)c1=O. The number of fused-ring (bicyclic) bond motifs is 1. The number of nitrogens with zero attached hydrogens (tertiary/aromatic N) is 7. The molecule has 1 fully saturated rings. The Labute approximate surface area is 191 Å². The second-order valence-electron chi connectivity index (χ2n) is 7.87. The number of amides is 1. The summed E-state index contributed by atoms with van der Waals surface area (Å²) in [6, 6.07) is 5.03. The molecule has 0 unspecified atom stereocenters. The molecule has 0 aliphatic carbocycles. The number of hydrogen-bond donors (Lipinski definition) is 0. The van der Waals surface area contributed by atoms with Crippen LogP contribution in [0.4, 0.5) is 0 Å². The number of carbonyl (C=O) groups excluding carboxylic acids is 1. The summed E-state index contributed by atoms with van der Waals surface area (Å²) in [5.41, 5.74) is 0.420.